The van der Waals surface area contributed by atoms with Gasteiger partial charge in [-0.1, -0.05) is 13.3 Å². The summed E-state index contributed by atoms with van der Waals surface area (Å²) in [5.74, 6) is 3.70. The molecule has 2 aliphatic carbocycles. The van der Waals surface area contributed by atoms with Crippen molar-refractivity contribution in [1.29, 1.82) is 0 Å². The molecule has 2 aliphatic rings. The van der Waals surface area contributed by atoms with Crippen LogP contribution in [-0.4, -0.2) is 11.7 Å². The molecule has 0 radical (unpaired) electrons. The summed E-state index contributed by atoms with van der Waals surface area (Å²) in [6.45, 7) is 2.54. The van der Waals surface area contributed by atoms with Crippen molar-refractivity contribution in [3.8, 4) is 0 Å². The van der Waals surface area contributed by atoms with Crippen LogP contribution < -0.4 is 0 Å². The molecule has 4 atom stereocenters. The molecule has 2 saturated carbocycles. The zero-order valence-electron chi connectivity index (χ0n) is 8.71. The Balaban J connectivity index is 1.71. The molecule has 1 N–H and O–H groups in total. The summed E-state index contributed by atoms with van der Waals surface area (Å²) in [5, 5.41) is 8.94. The van der Waals surface area contributed by atoms with Gasteiger partial charge in [-0.3, -0.25) is 0 Å². The molecule has 2 bridgehead atoms. The lowest BCUT2D eigenvalue weighted by Gasteiger charge is -2.22. The fourth-order valence-electron chi connectivity index (χ4n) is 3.32. The van der Waals surface area contributed by atoms with Gasteiger partial charge in [0.25, 0.3) is 0 Å². The van der Waals surface area contributed by atoms with Crippen molar-refractivity contribution in [3.63, 3.8) is 0 Å². The first-order valence-corrected chi connectivity index (χ1v) is 5.90. The lowest BCUT2D eigenvalue weighted by molar-refractivity contribution is 0.210. The smallest absolute Gasteiger partial charge is 0.0456 e. The molecule has 0 heterocycles. The van der Waals surface area contributed by atoms with E-state index in [9.17, 15) is 0 Å². The van der Waals surface area contributed by atoms with Gasteiger partial charge in [0, 0.05) is 6.61 Å². The molecule has 2 rings (SSSR count). The van der Waals surface area contributed by atoms with Crippen molar-refractivity contribution >= 4 is 0 Å². The van der Waals surface area contributed by atoms with Crippen molar-refractivity contribution in [1.82, 2.24) is 0 Å². The number of fused-ring (bicyclic) bond motifs is 2. The highest BCUT2D eigenvalue weighted by Gasteiger charge is 2.38. The average molecular weight is 182 g/mol. The third kappa shape index (κ3) is 2.07. The number of hydrogen-bond acceptors (Lipinski definition) is 1. The molecule has 0 spiro atoms. The van der Waals surface area contributed by atoms with Gasteiger partial charge >= 0.3 is 0 Å². The second-order valence-corrected chi connectivity index (χ2v) is 5.30. The van der Waals surface area contributed by atoms with E-state index in [1.165, 1.54) is 38.5 Å². The van der Waals surface area contributed by atoms with E-state index in [4.69, 9.17) is 5.11 Å². The summed E-state index contributed by atoms with van der Waals surface area (Å²) in [4.78, 5) is 0. The molecule has 0 saturated heterocycles. The Bertz CT molecular complexity index is 167. The Labute approximate surface area is 81.5 Å². The fourth-order valence-corrected chi connectivity index (χ4v) is 3.32. The zero-order valence-corrected chi connectivity index (χ0v) is 8.71. The Morgan fingerprint density at radius 2 is 2.15 bits per heavy atom. The Morgan fingerprint density at radius 3 is 2.69 bits per heavy atom. The Hall–Kier alpha value is -0.0400. The van der Waals surface area contributed by atoms with Crippen molar-refractivity contribution in [3.05, 3.63) is 0 Å². The van der Waals surface area contributed by atoms with E-state index in [-0.39, 0.29) is 0 Å². The molecule has 76 valence electrons. The average Bonchev–Trinajstić information content (AvgIpc) is 2.74. The second kappa shape index (κ2) is 4.00. The topological polar surface area (TPSA) is 20.2 Å². The number of aliphatic hydroxyl groups excluding tert-OH is 1. The molecular formula is C12H22O. The largest absolute Gasteiger partial charge is 0.396 e. The third-order valence-corrected chi connectivity index (χ3v) is 4.23. The third-order valence-electron chi connectivity index (χ3n) is 4.23. The van der Waals surface area contributed by atoms with Gasteiger partial charge < -0.3 is 5.11 Å². The quantitative estimate of drug-likeness (QED) is 0.709. The highest BCUT2D eigenvalue weighted by molar-refractivity contribution is 4.89. The van der Waals surface area contributed by atoms with Crippen LogP contribution >= 0.6 is 0 Å². The zero-order chi connectivity index (χ0) is 9.26. The van der Waals surface area contributed by atoms with E-state index in [1.54, 1.807) is 0 Å². The predicted octanol–water partition coefficient (Wildman–Crippen LogP) is 2.83. The van der Waals surface area contributed by atoms with Gasteiger partial charge in [0.1, 0.15) is 0 Å². The van der Waals surface area contributed by atoms with Gasteiger partial charge in [0.15, 0.2) is 0 Å². The maximum Gasteiger partial charge on any atom is 0.0456 e. The van der Waals surface area contributed by atoms with Gasteiger partial charge in [-0.2, -0.15) is 0 Å². The molecule has 0 amide bonds. The van der Waals surface area contributed by atoms with Crippen LogP contribution in [0.2, 0.25) is 0 Å². The molecule has 0 aromatic carbocycles. The van der Waals surface area contributed by atoms with Crippen LogP contribution in [0.5, 0.6) is 0 Å². The summed E-state index contributed by atoms with van der Waals surface area (Å²) >= 11 is 0. The fraction of sp³-hybridized carbons (Fsp3) is 1.00. The minimum atomic E-state index is 0.376. The molecule has 0 aromatic rings. The van der Waals surface area contributed by atoms with Crippen LogP contribution in [0.3, 0.4) is 0 Å². The summed E-state index contributed by atoms with van der Waals surface area (Å²) in [5.41, 5.74) is 0. The van der Waals surface area contributed by atoms with E-state index < -0.39 is 0 Å². The van der Waals surface area contributed by atoms with Gasteiger partial charge in [-0.05, 0) is 55.8 Å². The van der Waals surface area contributed by atoms with Crippen LogP contribution in [-0.2, 0) is 0 Å². The molecule has 0 aromatic heterocycles. The lowest BCUT2D eigenvalue weighted by Crippen LogP contribution is -2.12. The summed E-state index contributed by atoms with van der Waals surface area (Å²) in [6.07, 6.45) is 8.66. The van der Waals surface area contributed by atoms with Crippen molar-refractivity contribution in [2.75, 3.05) is 6.61 Å². The first-order chi connectivity index (χ1) is 6.29. The van der Waals surface area contributed by atoms with Gasteiger partial charge in [-0.15, -0.1) is 0 Å². The monoisotopic (exact) mass is 182 g/mol. The summed E-state index contributed by atoms with van der Waals surface area (Å²) < 4.78 is 0. The minimum Gasteiger partial charge on any atom is -0.396 e. The highest BCUT2D eigenvalue weighted by atomic mass is 16.3. The van der Waals surface area contributed by atoms with Crippen LogP contribution in [0.15, 0.2) is 0 Å². The van der Waals surface area contributed by atoms with Gasteiger partial charge in [-0.25, -0.2) is 0 Å². The molecule has 4 unspecified atom stereocenters. The van der Waals surface area contributed by atoms with Crippen LogP contribution in [0.25, 0.3) is 0 Å². The van der Waals surface area contributed by atoms with E-state index in [0.29, 0.717) is 12.5 Å². The van der Waals surface area contributed by atoms with Crippen LogP contribution in [0, 0.1) is 23.7 Å². The molecule has 1 heteroatoms. The standard InChI is InChI=1S/C12H22O/c1-9(8-13)2-4-11-6-10-3-5-12(11)7-10/h9-13H,2-8H2,1H3. The first kappa shape index (κ1) is 9.51. The number of aliphatic hydroxyl groups is 1. The van der Waals surface area contributed by atoms with E-state index >= 15 is 0 Å². The van der Waals surface area contributed by atoms with Gasteiger partial charge in [0.05, 0.1) is 0 Å². The Kier molecular flexibility index (Phi) is 2.92. The molecule has 1 nitrogen and oxygen atoms in total. The van der Waals surface area contributed by atoms with E-state index in [1.807, 2.05) is 0 Å². The first-order valence-electron chi connectivity index (χ1n) is 5.90. The molecular weight excluding hydrogens is 160 g/mol. The predicted molar refractivity (Wildman–Crippen MR) is 54.4 cm³/mol. The van der Waals surface area contributed by atoms with Crippen LogP contribution in [0.4, 0.5) is 0 Å². The van der Waals surface area contributed by atoms with Gasteiger partial charge in [0.2, 0.25) is 0 Å². The minimum absolute atomic E-state index is 0.376. The second-order valence-electron chi connectivity index (χ2n) is 5.30. The highest BCUT2D eigenvalue weighted by Crippen LogP contribution is 2.50. The van der Waals surface area contributed by atoms with E-state index in [0.717, 1.165) is 17.8 Å². The molecule has 0 aliphatic heterocycles. The lowest BCUT2D eigenvalue weighted by atomic mass is 9.84. The number of hydrogen-bond donors (Lipinski definition) is 1. The molecule has 2 fully saturated rings. The molecule has 13 heavy (non-hydrogen) atoms. The van der Waals surface area contributed by atoms with Crippen molar-refractivity contribution in [2.24, 2.45) is 23.7 Å². The Morgan fingerprint density at radius 1 is 1.31 bits per heavy atom. The van der Waals surface area contributed by atoms with Crippen molar-refractivity contribution < 1.29 is 5.11 Å². The van der Waals surface area contributed by atoms with Crippen molar-refractivity contribution in [2.45, 2.75) is 45.4 Å². The maximum atomic E-state index is 8.94. The summed E-state index contributed by atoms with van der Waals surface area (Å²) in [6, 6.07) is 0. The maximum absolute atomic E-state index is 8.94. The SMILES string of the molecule is CC(CO)CCC1CC2CCC1C2. The van der Waals surface area contributed by atoms with Crippen LogP contribution in [0.1, 0.15) is 45.4 Å². The normalized spacial score (nSPS) is 39.7. The number of rotatable bonds is 4. The summed E-state index contributed by atoms with van der Waals surface area (Å²) in [7, 11) is 0. The van der Waals surface area contributed by atoms with E-state index in [2.05, 4.69) is 6.92 Å².